The summed E-state index contributed by atoms with van der Waals surface area (Å²) in [5, 5.41) is 10.5. The summed E-state index contributed by atoms with van der Waals surface area (Å²) in [5.74, 6) is -0.683. The first-order valence-electron chi connectivity index (χ1n) is 4.62. The van der Waals surface area contributed by atoms with Crippen LogP contribution in [-0.4, -0.2) is 42.8 Å². The summed E-state index contributed by atoms with van der Waals surface area (Å²) in [4.78, 5) is 21.7. The van der Waals surface area contributed by atoms with Gasteiger partial charge in [0.1, 0.15) is 4.90 Å². The maximum absolute atomic E-state index is 11.7. The Morgan fingerprint density at radius 3 is 2.33 bits per heavy atom. The Labute approximate surface area is 103 Å². The smallest absolute Gasteiger partial charge is 0.295 e. The lowest BCUT2D eigenvalue weighted by Gasteiger charge is -2.12. The van der Waals surface area contributed by atoms with Crippen LogP contribution in [0.15, 0.2) is 23.1 Å². The van der Waals surface area contributed by atoms with Crippen molar-refractivity contribution in [3.05, 3.63) is 33.9 Å². The van der Waals surface area contributed by atoms with Gasteiger partial charge in [0, 0.05) is 26.2 Å². The number of nitro groups is 1. The molecule has 0 spiro atoms. The van der Waals surface area contributed by atoms with E-state index in [0.717, 1.165) is 17.0 Å². The normalized spacial score (nSPS) is 11.1. The molecule has 0 unspecified atom stereocenters. The molecule has 0 aromatic heterocycles. The maximum Gasteiger partial charge on any atom is 0.295 e. The van der Waals surface area contributed by atoms with E-state index in [1.54, 1.807) is 0 Å². The summed E-state index contributed by atoms with van der Waals surface area (Å²) in [5.41, 5.74) is -0.856. The van der Waals surface area contributed by atoms with Gasteiger partial charge in [0.25, 0.3) is 21.7 Å². The standard InChI is InChI=1S/C9H10N2O6S/c1-10(2)9(12)7-4-3-6(11(13)14)5-8(7)18(15,16)17/h3-5H,1-2H3,(H,15,16,17). The molecule has 0 aliphatic rings. The minimum atomic E-state index is -4.72. The summed E-state index contributed by atoms with van der Waals surface area (Å²) < 4.78 is 31.2. The highest BCUT2D eigenvalue weighted by molar-refractivity contribution is 7.86. The highest BCUT2D eigenvalue weighted by Crippen LogP contribution is 2.22. The predicted molar refractivity (Wildman–Crippen MR) is 60.9 cm³/mol. The minimum Gasteiger partial charge on any atom is -0.345 e. The van der Waals surface area contributed by atoms with E-state index in [2.05, 4.69) is 0 Å². The summed E-state index contributed by atoms with van der Waals surface area (Å²) >= 11 is 0. The number of amides is 1. The molecule has 0 bridgehead atoms. The van der Waals surface area contributed by atoms with Crippen LogP contribution in [0.5, 0.6) is 0 Å². The largest absolute Gasteiger partial charge is 0.345 e. The second kappa shape index (κ2) is 4.70. The SMILES string of the molecule is CN(C)C(=O)c1ccc([N+](=O)[O-])cc1S(=O)(=O)O. The van der Waals surface area contributed by atoms with E-state index in [1.807, 2.05) is 0 Å². The average molecular weight is 274 g/mol. The maximum atomic E-state index is 11.7. The third-order valence-corrected chi connectivity index (χ3v) is 2.98. The lowest BCUT2D eigenvalue weighted by Crippen LogP contribution is -2.23. The van der Waals surface area contributed by atoms with Gasteiger partial charge < -0.3 is 4.90 Å². The lowest BCUT2D eigenvalue weighted by atomic mass is 10.2. The van der Waals surface area contributed by atoms with E-state index in [9.17, 15) is 23.3 Å². The van der Waals surface area contributed by atoms with Gasteiger partial charge >= 0.3 is 0 Å². The van der Waals surface area contributed by atoms with Gasteiger partial charge in [0.05, 0.1) is 10.5 Å². The summed E-state index contributed by atoms with van der Waals surface area (Å²) in [7, 11) is -1.95. The van der Waals surface area contributed by atoms with Crippen LogP contribution in [0.2, 0.25) is 0 Å². The molecule has 0 aliphatic heterocycles. The molecule has 0 aliphatic carbocycles. The Balaban J connectivity index is 3.54. The number of benzene rings is 1. The van der Waals surface area contributed by atoms with Gasteiger partial charge in [-0.05, 0) is 6.07 Å². The zero-order valence-electron chi connectivity index (χ0n) is 9.52. The molecular formula is C9H10N2O6S. The van der Waals surface area contributed by atoms with Crippen LogP contribution in [0.25, 0.3) is 0 Å². The number of nitro benzene ring substituents is 1. The van der Waals surface area contributed by atoms with E-state index in [-0.39, 0.29) is 5.56 Å². The van der Waals surface area contributed by atoms with Gasteiger partial charge in [-0.15, -0.1) is 0 Å². The van der Waals surface area contributed by atoms with Crippen molar-refractivity contribution >= 4 is 21.7 Å². The fraction of sp³-hybridized carbons (Fsp3) is 0.222. The molecule has 0 fully saturated rings. The van der Waals surface area contributed by atoms with Crippen molar-refractivity contribution in [2.24, 2.45) is 0 Å². The van der Waals surface area contributed by atoms with Gasteiger partial charge in [0.15, 0.2) is 0 Å². The minimum absolute atomic E-state index is 0.326. The third-order valence-electron chi connectivity index (χ3n) is 2.09. The molecule has 1 rings (SSSR count). The van der Waals surface area contributed by atoms with Crippen molar-refractivity contribution in [1.82, 2.24) is 4.90 Å². The van der Waals surface area contributed by atoms with Gasteiger partial charge in [0.2, 0.25) is 0 Å². The zero-order chi connectivity index (χ0) is 14.1. The van der Waals surface area contributed by atoms with Crippen LogP contribution >= 0.6 is 0 Å². The van der Waals surface area contributed by atoms with E-state index in [1.165, 1.54) is 14.1 Å². The second-order valence-corrected chi connectivity index (χ2v) is 5.00. The first-order valence-corrected chi connectivity index (χ1v) is 6.06. The zero-order valence-corrected chi connectivity index (χ0v) is 10.3. The van der Waals surface area contributed by atoms with E-state index in [0.29, 0.717) is 6.07 Å². The van der Waals surface area contributed by atoms with Crippen LogP contribution in [-0.2, 0) is 10.1 Å². The molecule has 0 saturated heterocycles. The first kappa shape index (κ1) is 14.1. The Kier molecular flexibility index (Phi) is 3.67. The highest BCUT2D eigenvalue weighted by atomic mass is 32.2. The van der Waals surface area contributed by atoms with Crippen LogP contribution < -0.4 is 0 Å². The van der Waals surface area contributed by atoms with Crippen molar-refractivity contribution in [1.29, 1.82) is 0 Å². The van der Waals surface area contributed by atoms with Gasteiger partial charge in [-0.2, -0.15) is 8.42 Å². The van der Waals surface area contributed by atoms with E-state index < -0.39 is 31.5 Å². The topological polar surface area (TPSA) is 118 Å². The fourth-order valence-electron chi connectivity index (χ4n) is 1.26. The second-order valence-electron chi connectivity index (χ2n) is 3.61. The number of carbonyl (C=O) groups is 1. The molecule has 0 saturated carbocycles. The molecule has 1 aromatic carbocycles. The number of nitrogens with zero attached hydrogens (tertiary/aromatic N) is 2. The monoisotopic (exact) mass is 274 g/mol. The van der Waals surface area contributed by atoms with Crippen LogP contribution in [0.1, 0.15) is 10.4 Å². The van der Waals surface area contributed by atoms with E-state index >= 15 is 0 Å². The van der Waals surface area contributed by atoms with Crippen molar-refractivity contribution in [2.75, 3.05) is 14.1 Å². The van der Waals surface area contributed by atoms with Crippen molar-refractivity contribution in [3.8, 4) is 0 Å². The Morgan fingerprint density at radius 1 is 1.39 bits per heavy atom. The summed E-state index contributed by atoms with van der Waals surface area (Å²) in [6.45, 7) is 0. The Bertz CT molecular complexity index is 607. The molecule has 9 heteroatoms. The molecule has 98 valence electrons. The lowest BCUT2D eigenvalue weighted by molar-refractivity contribution is -0.385. The summed E-state index contributed by atoms with van der Waals surface area (Å²) in [6, 6.07) is 2.63. The third kappa shape index (κ3) is 2.81. The van der Waals surface area contributed by atoms with Crippen molar-refractivity contribution in [3.63, 3.8) is 0 Å². The quantitative estimate of drug-likeness (QED) is 0.488. The molecule has 0 heterocycles. The number of hydrogen-bond acceptors (Lipinski definition) is 5. The molecule has 18 heavy (non-hydrogen) atoms. The summed E-state index contributed by atoms with van der Waals surface area (Å²) in [6.07, 6.45) is 0. The fourth-order valence-corrected chi connectivity index (χ4v) is 1.96. The molecule has 0 atom stereocenters. The van der Waals surface area contributed by atoms with Crippen molar-refractivity contribution in [2.45, 2.75) is 4.90 Å². The Morgan fingerprint density at radius 2 is 1.94 bits per heavy atom. The van der Waals surface area contributed by atoms with Crippen LogP contribution in [0.3, 0.4) is 0 Å². The van der Waals surface area contributed by atoms with Gasteiger partial charge in [-0.1, -0.05) is 0 Å². The van der Waals surface area contributed by atoms with Crippen LogP contribution in [0, 0.1) is 10.1 Å². The molecule has 8 nitrogen and oxygen atoms in total. The molecule has 1 aromatic rings. The molecule has 1 N–H and O–H groups in total. The molecular weight excluding hydrogens is 264 g/mol. The first-order chi connectivity index (χ1) is 8.14. The molecule has 0 radical (unpaired) electrons. The Hall–Kier alpha value is -2.00. The van der Waals surface area contributed by atoms with Crippen LogP contribution in [0.4, 0.5) is 5.69 Å². The molecule has 1 amide bonds. The van der Waals surface area contributed by atoms with E-state index in [4.69, 9.17) is 4.55 Å². The highest BCUT2D eigenvalue weighted by Gasteiger charge is 2.24. The number of non-ortho nitro benzene ring substituents is 1. The van der Waals surface area contributed by atoms with Gasteiger partial charge in [-0.25, -0.2) is 0 Å². The predicted octanol–water partition coefficient (Wildman–Crippen LogP) is 0.543. The van der Waals surface area contributed by atoms with Crippen molar-refractivity contribution < 1.29 is 22.7 Å². The van der Waals surface area contributed by atoms with Gasteiger partial charge in [-0.3, -0.25) is 19.5 Å². The number of carbonyl (C=O) groups excluding carboxylic acids is 1. The number of hydrogen-bond donors (Lipinski definition) is 1. The average Bonchev–Trinajstić information content (AvgIpc) is 2.25. The number of rotatable bonds is 3.